The molecule has 0 spiro atoms. The number of hydrogen-bond donors (Lipinski definition) is 1. The summed E-state index contributed by atoms with van der Waals surface area (Å²) in [6, 6.07) is 5.83. The van der Waals surface area contributed by atoms with Gasteiger partial charge >= 0.3 is 12.4 Å². The molecule has 25 heavy (non-hydrogen) atoms. The van der Waals surface area contributed by atoms with Crippen LogP contribution in [0.15, 0.2) is 24.3 Å². The maximum Gasteiger partial charge on any atom is 0.405 e. The van der Waals surface area contributed by atoms with Crippen molar-refractivity contribution in [1.82, 2.24) is 4.98 Å². The summed E-state index contributed by atoms with van der Waals surface area (Å²) in [5.41, 5.74) is -0.444. The fraction of sp³-hybridized carbons (Fsp3) is 0.286. The number of carbonyl (C=O) groups is 1. The van der Waals surface area contributed by atoms with Gasteiger partial charge in [-0.25, -0.2) is 4.98 Å². The Hall–Kier alpha value is -1.81. The second-order valence-corrected chi connectivity index (χ2v) is 6.36. The molecule has 0 saturated carbocycles. The lowest BCUT2D eigenvalue weighted by Gasteiger charge is -2.22. The number of aryl methyl sites for hydroxylation is 1. The Kier molecular flexibility index (Phi) is 5.33. The highest BCUT2D eigenvalue weighted by atomic mass is 35.5. The Morgan fingerprint density at radius 1 is 1.16 bits per heavy atom. The van der Waals surface area contributed by atoms with Gasteiger partial charge in [-0.2, -0.15) is 26.3 Å². The van der Waals surface area contributed by atoms with Gasteiger partial charge in [0.1, 0.15) is 0 Å². The van der Waals surface area contributed by atoms with Crippen LogP contribution in [0.4, 0.5) is 31.5 Å². The van der Waals surface area contributed by atoms with E-state index in [0.29, 0.717) is 0 Å². The highest BCUT2D eigenvalue weighted by Crippen LogP contribution is 2.49. The van der Waals surface area contributed by atoms with Gasteiger partial charge in [0.05, 0.1) is 21.2 Å². The Morgan fingerprint density at radius 3 is 2.24 bits per heavy atom. The van der Waals surface area contributed by atoms with Crippen LogP contribution in [0, 0.1) is 6.92 Å². The predicted molar refractivity (Wildman–Crippen MR) is 81.1 cm³/mol. The number of rotatable bonds is 3. The number of alkyl halides is 6. The normalized spacial score (nSPS) is 12.5. The third-order valence-corrected chi connectivity index (χ3v) is 4.56. The van der Waals surface area contributed by atoms with Crippen molar-refractivity contribution in [2.75, 3.05) is 5.32 Å². The third kappa shape index (κ3) is 4.43. The monoisotopic (exact) mass is 402 g/mol. The first-order valence-electron chi connectivity index (χ1n) is 6.58. The first kappa shape index (κ1) is 19.5. The van der Waals surface area contributed by atoms with Crippen LogP contribution < -0.4 is 5.32 Å². The molecule has 0 bridgehead atoms. The van der Waals surface area contributed by atoms with Crippen LogP contribution in [0.25, 0.3) is 0 Å². The average Bonchev–Trinajstić information content (AvgIpc) is 2.76. The number of nitrogens with one attached hydrogen (secondary N) is 1. The van der Waals surface area contributed by atoms with Crippen molar-refractivity contribution in [2.24, 2.45) is 0 Å². The second-order valence-electron chi connectivity index (χ2n) is 4.92. The summed E-state index contributed by atoms with van der Waals surface area (Å²) < 4.78 is 77.0. The number of aromatic nitrogens is 1. The average molecular weight is 403 g/mol. The van der Waals surface area contributed by atoms with Crippen LogP contribution in [0.1, 0.15) is 26.8 Å². The fourth-order valence-electron chi connectivity index (χ4n) is 2.02. The molecule has 2 aromatic rings. The molecule has 0 radical (unpaired) electrons. The number of thiazole rings is 1. The van der Waals surface area contributed by atoms with E-state index in [-0.39, 0.29) is 27.1 Å². The molecule has 136 valence electrons. The molecule has 0 aliphatic heterocycles. The molecular formula is C14H9ClF6N2OS. The largest absolute Gasteiger partial charge is 0.405 e. The standard InChI is InChI=1S/C14H9ClF6N2OS/c1-6-9(10(13(16,17)18)14(19,20)21)25-12(22-6)23-11(24)7-4-2-3-5-8(7)15/h2-5,10H,1H3,(H,22,23,24). The molecule has 11 heteroatoms. The molecule has 0 fully saturated rings. The zero-order chi connectivity index (χ0) is 19.0. The molecule has 2 rings (SSSR count). The minimum atomic E-state index is -5.53. The summed E-state index contributed by atoms with van der Waals surface area (Å²) in [5, 5.41) is 1.87. The number of amides is 1. The van der Waals surface area contributed by atoms with Crippen molar-refractivity contribution in [3.8, 4) is 0 Å². The van der Waals surface area contributed by atoms with Gasteiger partial charge in [-0.05, 0) is 19.1 Å². The topological polar surface area (TPSA) is 42.0 Å². The van der Waals surface area contributed by atoms with Crippen LogP contribution in [0.3, 0.4) is 0 Å². The lowest BCUT2D eigenvalue weighted by atomic mass is 10.1. The molecule has 0 aliphatic rings. The Balaban J connectivity index is 2.34. The number of halogens is 7. The minimum absolute atomic E-state index is 0.0155. The lowest BCUT2D eigenvalue weighted by Crippen LogP contribution is -2.33. The van der Waals surface area contributed by atoms with Gasteiger partial charge in [0.15, 0.2) is 11.0 Å². The predicted octanol–water partition coefficient (Wildman–Crippen LogP) is 5.57. The summed E-state index contributed by atoms with van der Waals surface area (Å²) in [7, 11) is 0. The maximum atomic E-state index is 12.8. The van der Waals surface area contributed by atoms with E-state index in [0.717, 1.165) is 6.92 Å². The van der Waals surface area contributed by atoms with Gasteiger partial charge in [-0.1, -0.05) is 23.7 Å². The third-order valence-electron chi connectivity index (χ3n) is 3.09. The van der Waals surface area contributed by atoms with E-state index in [9.17, 15) is 31.1 Å². The van der Waals surface area contributed by atoms with Crippen molar-refractivity contribution in [3.05, 3.63) is 45.4 Å². The van der Waals surface area contributed by atoms with Gasteiger partial charge in [-0.15, -0.1) is 11.3 Å². The van der Waals surface area contributed by atoms with E-state index in [4.69, 9.17) is 11.6 Å². The van der Waals surface area contributed by atoms with Crippen molar-refractivity contribution >= 4 is 34.0 Å². The summed E-state index contributed by atoms with van der Waals surface area (Å²) >= 11 is 5.94. The fourth-order valence-corrected chi connectivity index (χ4v) is 3.36. The van der Waals surface area contributed by atoms with Crippen LogP contribution in [-0.2, 0) is 0 Å². The molecule has 0 unspecified atom stereocenters. The maximum absolute atomic E-state index is 12.8. The zero-order valence-electron chi connectivity index (χ0n) is 12.3. The van der Waals surface area contributed by atoms with Crippen molar-refractivity contribution < 1.29 is 31.1 Å². The van der Waals surface area contributed by atoms with Gasteiger partial charge < -0.3 is 0 Å². The molecule has 1 aromatic carbocycles. The molecule has 3 nitrogen and oxygen atoms in total. The van der Waals surface area contributed by atoms with Gasteiger partial charge in [0, 0.05) is 0 Å². The smallest absolute Gasteiger partial charge is 0.298 e. The van der Waals surface area contributed by atoms with E-state index < -0.39 is 34.7 Å². The summed E-state index contributed by atoms with van der Waals surface area (Å²) in [6.07, 6.45) is -11.1. The molecular weight excluding hydrogens is 394 g/mol. The van der Waals surface area contributed by atoms with Crippen LogP contribution in [0.5, 0.6) is 0 Å². The van der Waals surface area contributed by atoms with Gasteiger partial charge in [0.25, 0.3) is 5.91 Å². The molecule has 1 heterocycles. The highest BCUT2D eigenvalue weighted by molar-refractivity contribution is 7.16. The van der Waals surface area contributed by atoms with E-state index >= 15 is 0 Å². The summed E-state index contributed by atoms with van der Waals surface area (Å²) in [5.74, 6) is -4.45. The molecule has 1 N–H and O–H groups in total. The van der Waals surface area contributed by atoms with Crippen LogP contribution in [0.2, 0.25) is 5.02 Å². The molecule has 0 saturated heterocycles. The molecule has 0 aliphatic carbocycles. The SMILES string of the molecule is Cc1nc(NC(=O)c2ccccc2Cl)sc1C(C(F)(F)F)C(F)(F)F. The number of carbonyl (C=O) groups excluding carboxylic acids is 1. The molecule has 1 amide bonds. The number of anilines is 1. The van der Waals surface area contributed by atoms with Gasteiger partial charge in [-0.3, -0.25) is 10.1 Å². The van der Waals surface area contributed by atoms with Crippen LogP contribution >= 0.6 is 22.9 Å². The van der Waals surface area contributed by atoms with E-state index in [1.807, 2.05) is 0 Å². The van der Waals surface area contributed by atoms with E-state index in [1.165, 1.54) is 18.2 Å². The van der Waals surface area contributed by atoms with E-state index in [1.54, 1.807) is 6.07 Å². The zero-order valence-corrected chi connectivity index (χ0v) is 13.9. The Morgan fingerprint density at radius 2 is 1.72 bits per heavy atom. The Bertz CT molecular complexity index is 772. The van der Waals surface area contributed by atoms with Gasteiger partial charge in [0.2, 0.25) is 0 Å². The Labute approximate surface area is 146 Å². The minimum Gasteiger partial charge on any atom is -0.298 e. The van der Waals surface area contributed by atoms with E-state index in [2.05, 4.69) is 10.3 Å². The molecule has 0 atom stereocenters. The number of hydrogen-bond acceptors (Lipinski definition) is 3. The summed E-state index contributed by atoms with van der Waals surface area (Å²) in [4.78, 5) is 14.6. The van der Waals surface area contributed by atoms with Crippen molar-refractivity contribution in [3.63, 3.8) is 0 Å². The lowest BCUT2D eigenvalue weighted by molar-refractivity contribution is -0.252. The van der Waals surface area contributed by atoms with Crippen molar-refractivity contribution in [1.29, 1.82) is 0 Å². The summed E-state index contributed by atoms with van der Waals surface area (Å²) in [6.45, 7) is 1.02. The second kappa shape index (κ2) is 6.83. The number of benzene rings is 1. The first-order valence-corrected chi connectivity index (χ1v) is 7.77. The highest BCUT2D eigenvalue weighted by Gasteiger charge is 2.59. The molecule has 1 aromatic heterocycles. The first-order chi connectivity index (χ1) is 11.4. The van der Waals surface area contributed by atoms with Crippen LogP contribution in [-0.4, -0.2) is 23.2 Å². The number of nitrogens with zero attached hydrogens (tertiary/aromatic N) is 1. The quantitative estimate of drug-likeness (QED) is 0.682. The van der Waals surface area contributed by atoms with Crippen molar-refractivity contribution in [2.45, 2.75) is 25.2 Å².